The molecule has 0 aliphatic rings. The van der Waals surface area contributed by atoms with Gasteiger partial charge in [-0.3, -0.25) is 5.10 Å². The van der Waals surface area contributed by atoms with Gasteiger partial charge in [0.15, 0.2) is 0 Å². The van der Waals surface area contributed by atoms with Crippen LogP contribution in [-0.2, 0) is 19.3 Å². The SMILES string of the molecule is Cc1[nH]ncc1CNCc1csc(C(F)(F)F)c1. The van der Waals surface area contributed by atoms with Crippen LogP contribution in [0.2, 0.25) is 0 Å². The molecule has 0 fully saturated rings. The van der Waals surface area contributed by atoms with Crippen LogP contribution in [0.4, 0.5) is 13.2 Å². The van der Waals surface area contributed by atoms with E-state index in [1.807, 2.05) is 6.92 Å². The Kier molecular flexibility index (Phi) is 3.72. The van der Waals surface area contributed by atoms with Crippen LogP contribution in [0, 0.1) is 6.92 Å². The lowest BCUT2D eigenvalue weighted by Crippen LogP contribution is -2.12. The van der Waals surface area contributed by atoms with Crippen molar-refractivity contribution in [2.24, 2.45) is 0 Å². The van der Waals surface area contributed by atoms with E-state index in [9.17, 15) is 13.2 Å². The maximum atomic E-state index is 12.4. The Morgan fingerprint density at radius 2 is 2.17 bits per heavy atom. The van der Waals surface area contributed by atoms with Gasteiger partial charge in [-0.25, -0.2) is 0 Å². The largest absolute Gasteiger partial charge is 0.425 e. The van der Waals surface area contributed by atoms with Crippen LogP contribution in [0.1, 0.15) is 21.7 Å². The predicted molar refractivity (Wildman–Crippen MR) is 63.2 cm³/mol. The number of nitrogens with zero attached hydrogens (tertiary/aromatic N) is 1. The minimum atomic E-state index is -4.25. The molecule has 98 valence electrons. The van der Waals surface area contributed by atoms with Gasteiger partial charge in [0.25, 0.3) is 0 Å². The second-order valence-corrected chi connectivity index (χ2v) is 4.85. The summed E-state index contributed by atoms with van der Waals surface area (Å²) in [5, 5.41) is 11.3. The van der Waals surface area contributed by atoms with Gasteiger partial charge in [-0.15, -0.1) is 11.3 Å². The lowest BCUT2D eigenvalue weighted by molar-refractivity contribution is -0.134. The minimum Gasteiger partial charge on any atom is -0.308 e. The van der Waals surface area contributed by atoms with E-state index in [0.29, 0.717) is 18.7 Å². The Morgan fingerprint density at radius 3 is 2.72 bits per heavy atom. The van der Waals surface area contributed by atoms with Crippen molar-refractivity contribution in [2.45, 2.75) is 26.2 Å². The number of nitrogens with one attached hydrogen (secondary N) is 2. The molecule has 0 radical (unpaired) electrons. The van der Waals surface area contributed by atoms with Crippen molar-refractivity contribution in [3.8, 4) is 0 Å². The van der Waals surface area contributed by atoms with Crippen molar-refractivity contribution in [3.05, 3.63) is 39.3 Å². The quantitative estimate of drug-likeness (QED) is 0.900. The van der Waals surface area contributed by atoms with Gasteiger partial charge in [-0.05, 0) is 23.9 Å². The third kappa shape index (κ3) is 3.11. The van der Waals surface area contributed by atoms with Gasteiger partial charge < -0.3 is 5.32 Å². The number of thiophene rings is 1. The molecule has 18 heavy (non-hydrogen) atoms. The summed E-state index contributed by atoms with van der Waals surface area (Å²) in [5.74, 6) is 0. The van der Waals surface area contributed by atoms with Gasteiger partial charge in [-0.1, -0.05) is 0 Å². The highest BCUT2D eigenvalue weighted by Crippen LogP contribution is 2.33. The molecule has 2 heterocycles. The summed E-state index contributed by atoms with van der Waals surface area (Å²) in [7, 11) is 0. The summed E-state index contributed by atoms with van der Waals surface area (Å²) < 4.78 is 37.1. The molecule has 0 saturated carbocycles. The number of aromatic amines is 1. The van der Waals surface area contributed by atoms with Crippen molar-refractivity contribution in [2.75, 3.05) is 0 Å². The van der Waals surface area contributed by atoms with Crippen molar-refractivity contribution in [1.29, 1.82) is 0 Å². The molecule has 0 spiro atoms. The average Bonchev–Trinajstić information content (AvgIpc) is 2.88. The number of aryl methyl sites for hydroxylation is 1. The summed E-state index contributed by atoms with van der Waals surface area (Å²) in [6.45, 7) is 2.90. The fourth-order valence-corrected chi connectivity index (χ4v) is 2.30. The monoisotopic (exact) mass is 275 g/mol. The highest BCUT2D eigenvalue weighted by molar-refractivity contribution is 7.10. The third-order valence-electron chi connectivity index (χ3n) is 2.51. The number of hydrogen-bond donors (Lipinski definition) is 2. The first-order valence-corrected chi connectivity index (χ1v) is 6.19. The molecule has 0 amide bonds. The van der Waals surface area contributed by atoms with Gasteiger partial charge in [0.1, 0.15) is 4.88 Å². The van der Waals surface area contributed by atoms with Crippen molar-refractivity contribution in [1.82, 2.24) is 15.5 Å². The average molecular weight is 275 g/mol. The number of H-pyrrole nitrogens is 1. The summed E-state index contributed by atoms with van der Waals surface area (Å²) in [5.41, 5.74) is 2.62. The van der Waals surface area contributed by atoms with E-state index in [1.165, 1.54) is 11.4 Å². The second-order valence-electron chi connectivity index (χ2n) is 3.94. The van der Waals surface area contributed by atoms with Gasteiger partial charge in [0, 0.05) is 24.3 Å². The zero-order valence-corrected chi connectivity index (χ0v) is 10.5. The number of aromatic nitrogens is 2. The molecule has 0 bridgehead atoms. The minimum absolute atomic E-state index is 0.414. The highest BCUT2D eigenvalue weighted by atomic mass is 32.1. The van der Waals surface area contributed by atoms with Crippen molar-refractivity contribution < 1.29 is 13.2 Å². The molecular formula is C11H12F3N3S. The molecule has 2 aromatic heterocycles. The predicted octanol–water partition coefficient (Wildman–Crippen LogP) is 3.09. The van der Waals surface area contributed by atoms with Crippen LogP contribution in [0.15, 0.2) is 17.6 Å². The van der Waals surface area contributed by atoms with Crippen molar-refractivity contribution >= 4 is 11.3 Å². The lowest BCUT2D eigenvalue weighted by Gasteiger charge is -2.02. The maximum absolute atomic E-state index is 12.4. The van der Waals surface area contributed by atoms with Gasteiger partial charge in [0.05, 0.1) is 6.20 Å². The van der Waals surface area contributed by atoms with Gasteiger partial charge in [-0.2, -0.15) is 18.3 Å². The topological polar surface area (TPSA) is 40.7 Å². The molecule has 0 saturated heterocycles. The Morgan fingerprint density at radius 1 is 1.39 bits per heavy atom. The van der Waals surface area contributed by atoms with E-state index in [2.05, 4.69) is 15.5 Å². The molecule has 0 unspecified atom stereocenters. The maximum Gasteiger partial charge on any atom is 0.425 e. The van der Waals surface area contributed by atoms with E-state index < -0.39 is 11.1 Å². The summed E-state index contributed by atoms with van der Waals surface area (Å²) in [6.07, 6.45) is -2.54. The smallest absolute Gasteiger partial charge is 0.308 e. The van der Waals surface area contributed by atoms with Crippen LogP contribution < -0.4 is 5.32 Å². The molecule has 0 aliphatic heterocycles. The highest BCUT2D eigenvalue weighted by Gasteiger charge is 2.32. The molecule has 7 heteroatoms. The number of rotatable bonds is 4. The standard InChI is InChI=1S/C11H12F3N3S/c1-7-9(5-16-17-7)4-15-3-8-2-10(18-6-8)11(12,13)14/h2,5-6,15H,3-4H2,1H3,(H,16,17). The fraction of sp³-hybridized carbons (Fsp3) is 0.364. The Labute approximate surface area is 106 Å². The zero-order valence-electron chi connectivity index (χ0n) is 9.64. The van der Waals surface area contributed by atoms with Crippen LogP contribution in [0.3, 0.4) is 0 Å². The molecular weight excluding hydrogens is 263 g/mol. The zero-order chi connectivity index (χ0) is 13.2. The van der Waals surface area contributed by atoms with Gasteiger partial charge in [0.2, 0.25) is 0 Å². The van der Waals surface area contributed by atoms with Crippen LogP contribution in [-0.4, -0.2) is 10.2 Å². The van der Waals surface area contributed by atoms with E-state index in [-0.39, 0.29) is 0 Å². The van der Waals surface area contributed by atoms with E-state index in [1.54, 1.807) is 6.20 Å². The van der Waals surface area contributed by atoms with E-state index >= 15 is 0 Å². The van der Waals surface area contributed by atoms with E-state index in [0.717, 1.165) is 22.6 Å². The number of alkyl halides is 3. The number of halogens is 3. The second kappa shape index (κ2) is 5.11. The van der Waals surface area contributed by atoms with Crippen LogP contribution in [0.25, 0.3) is 0 Å². The summed E-state index contributed by atoms with van der Waals surface area (Å²) in [6, 6.07) is 1.18. The molecule has 0 aromatic carbocycles. The molecule has 2 rings (SSSR count). The molecule has 0 atom stereocenters. The van der Waals surface area contributed by atoms with Crippen LogP contribution in [0.5, 0.6) is 0 Å². The van der Waals surface area contributed by atoms with Crippen molar-refractivity contribution in [3.63, 3.8) is 0 Å². The fourth-order valence-electron chi connectivity index (χ4n) is 1.51. The first-order chi connectivity index (χ1) is 8.47. The van der Waals surface area contributed by atoms with Gasteiger partial charge >= 0.3 is 6.18 Å². The summed E-state index contributed by atoms with van der Waals surface area (Å²) >= 11 is 0.724. The summed E-state index contributed by atoms with van der Waals surface area (Å²) in [4.78, 5) is -0.557. The third-order valence-corrected chi connectivity index (χ3v) is 3.54. The normalized spacial score (nSPS) is 12.0. The first kappa shape index (κ1) is 13.1. The molecule has 0 aliphatic carbocycles. The van der Waals surface area contributed by atoms with Crippen LogP contribution >= 0.6 is 11.3 Å². The molecule has 3 nitrogen and oxygen atoms in total. The van der Waals surface area contributed by atoms with E-state index in [4.69, 9.17) is 0 Å². The Bertz CT molecular complexity index is 516. The Hall–Kier alpha value is -1.34. The Balaban J connectivity index is 1.88. The first-order valence-electron chi connectivity index (χ1n) is 5.31. The number of hydrogen-bond acceptors (Lipinski definition) is 3. The molecule has 2 N–H and O–H groups in total. The lowest BCUT2D eigenvalue weighted by atomic mass is 10.2. The molecule has 2 aromatic rings.